The number of sulfonamides is 1. The summed E-state index contributed by atoms with van der Waals surface area (Å²) >= 11 is 0. The van der Waals surface area contributed by atoms with Crippen molar-refractivity contribution in [3.05, 3.63) is 53.6 Å². The monoisotopic (exact) mass is 390 g/mol. The highest BCUT2D eigenvalue weighted by atomic mass is 32.2. The van der Waals surface area contributed by atoms with Gasteiger partial charge in [-0.3, -0.25) is 4.79 Å². The summed E-state index contributed by atoms with van der Waals surface area (Å²) in [5.74, 6) is 1.03. The Kier molecular flexibility index (Phi) is 4.88. The van der Waals surface area contributed by atoms with Crippen LogP contribution in [0.2, 0.25) is 0 Å². The van der Waals surface area contributed by atoms with Crippen LogP contribution in [0.15, 0.2) is 47.4 Å². The quantitative estimate of drug-likeness (QED) is 0.847. The minimum Gasteiger partial charge on any atom is -0.454 e. The van der Waals surface area contributed by atoms with Gasteiger partial charge in [0.1, 0.15) is 0 Å². The van der Waals surface area contributed by atoms with E-state index in [1.807, 2.05) is 32.0 Å². The van der Waals surface area contributed by atoms with Crippen molar-refractivity contribution in [3.63, 3.8) is 0 Å². The van der Waals surface area contributed by atoms with Crippen LogP contribution >= 0.6 is 0 Å². The van der Waals surface area contributed by atoms with Crippen molar-refractivity contribution < 1.29 is 22.7 Å². The summed E-state index contributed by atoms with van der Waals surface area (Å²) < 4.78 is 36.1. The van der Waals surface area contributed by atoms with Gasteiger partial charge < -0.3 is 14.8 Å². The summed E-state index contributed by atoms with van der Waals surface area (Å²) in [6, 6.07) is 11.4. The summed E-state index contributed by atoms with van der Waals surface area (Å²) in [6.45, 7) is 3.95. The smallest absolute Gasteiger partial charge is 0.251 e. The first kappa shape index (κ1) is 19.2. The summed E-state index contributed by atoms with van der Waals surface area (Å²) in [4.78, 5) is 12.8. The number of carbonyl (C=O) groups is 1. The zero-order valence-electron chi connectivity index (χ0n) is 15.6. The van der Waals surface area contributed by atoms with E-state index < -0.39 is 15.6 Å². The zero-order valence-corrected chi connectivity index (χ0v) is 16.5. The topological polar surface area (TPSA) is 84.9 Å². The molecule has 3 rings (SSSR count). The molecule has 0 fully saturated rings. The Labute approximate surface area is 158 Å². The van der Waals surface area contributed by atoms with Gasteiger partial charge in [-0.05, 0) is 55.8 Å². The van der Waals surface area contributed by atoms with Gasteiger partial charge >= 0.3 is 0 Å². The maximum absolute atomic E-state index is 12.6. The van der Waals surface area contributed by atoms with Gasteiger partial charge in [0.2, 0.25) is 16.8 Å². The molecule has 0 radical (unpaired) electrons. The van der Waals surface area contributed by atoms with Crippen LogP contribution in [0.4, 0.5) is 0 Å². The lowest BCUT2D eigenvalue weighted by Crippen LogP contribution is -2.41. The molecule has 8 heteroatoms. The third kappa shape index (κ3) is 3.77. The minimum absolute atomic E-state index is 0.138. The number of carbonyl (C=O) groups excluding carboxylic acids is 1. The first-order chi connectivity index (χ1) is 12.6. The van der Waals surface area contributed by atoms with Crippen LogP contribution in [-0.4, -0.2) is 39.5 Å². The number of benzene rings is 2. The third-order valence-corrected chi connectivity index (χ3v) is 6.24. The van der Waals surface area contributed by atoms with Gasteiger partial charge in [0, 0.05) is 19.7 Å². The van der Waals surface area contributed by atoms with Gasteiger partial charge in [-0.2, -0.15) is 0 Å². The molecule has 1 N–H and O–H groups in total. The minimum atomic E-state index is -3.53. The lowest BCUT2D eigenvalue weighted by atomic mass is 9.93. The molecule has 0 saturated heterocycles. The number of amides is 1. The highest BCUT2D eigenvalue weighted by Gasteiger charge is 2.26. The second kappa shape index (κ2) is 6.86. The Morgan fingerprint density at radius 2 is 1.67 bits per heavy atom. The highest BCUT2D eigenvalue weighted by Crippen LogP contribution is 2.35. The average Bonchev–Trinajstić information content (AvgIpc) is 3.09. The van der Waals surface area contributed by atoms with E-state index in [0.29, 0.717) is 17.1 Å². The molecule has 144 valence electrons. The van der Waals surface area contributed by atoms with Crippen LogP contribution in [0, 0.1) is 0 Å². The van der Waals surface area contributed by atoms with Crippen molar-refractivity contribution in [1.29, 1.82) is 0 Å². The largest absolute Gasteiger partial charge is 0.454 e. The number of nitrogens with one attached hydrogen (secondary N) is 1. The number of rotatable bonds is 5. The van der Waals surface area contributed by atoms with Crippen molar-refractivity contribution >= 4 is 15.9 Å². The van der Waals surface area contributed by atoms with E-state index in [2.05, 4.69) is 5.32 Å². The lowest BCUT2D eigenvalue weighted by Gasteiger charge is -2.27. The number of nitrogens with zero attached hydrogens (tertiary/aromatic N) is 1. The van der Waals surface area contributed by atoms with Crippen LogP contribution in [-0.2, 0) is 15.6 Å². The van der Waals surface area contributed by atoms with Crippen LogP contribution in [0.3, 0.4) is 0 Å². The zero-order chi connectivity index (χ0) is 19.8. The maximum atomic E-state index is 12.6. The number of ether oxygens (including phenoxy) is 2. The fraction of sp³-hybridized carbons (Fsp3) is 0.316. The molecule has 1 aliphatic heterocycles. The molecule has 1 amide bonds. The summed E-state index contributed by atoms with van der Waals surface area (Å²) in [7, 11) is -0.603. The Morgan fingerprint density at radius 3 is 2.30 bits per heavy atom. The Morgan fingerprint density at radius 1 is 1.04 bits per heavy atom. The van der Waals surface area contributed by atoms with E-state index in [9.17, 15) is 13.2 Å². The number of hydrogen-bond donors (Lipinski definition) is 1. The molecule has 0 atom stereocenters. The SMILES string of the molecule is CN(C)S(=O)(=O)c1ccc(C(=O)NC(C)(C)c2ccc3c(c2)OCO3)cc1. The van der Waals surface area contributed by atoms with Gasteiger partial charge in [0.05, 0.1) is 10.4 Å². The average molecular weight is 390 g/mol. The van der Waals surface area contributed by atoms with Crippen LogP contribution < -0.4 is 14.8 Å². The van der Waals surface area contributed by atoms with Crippen molar-refractivity contribution in [2.45, 2.75) is 24.3 Å². The van der Waals surface area contributed by atoms with Crippen molar-refractivity contribution in [2.24, 2.45) is 0 Å². The van der Waals surface area contributed by atoms with Gasteiger partial charge in [-0.15, -0.1) is 0 Å². The summed E-state index contributed by atoms with van der Waals surface area (Å²) in [6.07, 6.45) is 0. The molecule has 0 spiro atoms. The van der Waals surface area contributed by atoms with Gasteiger partial charge in [-0.25, -0.2) is 12.7 Å². The van der Waals surface area contributed by atoms with E-state index in [1.165, 1.54) is 38.4 Å². The van der Waals surface area contributed by atoms with Crippen LogP contribution in [0.5, 0.6) is 11.5 Å². The van der Waals surface area contributed by atoms with E-state index in [0.717, 1.165) is 9.87 Å². The van der Waals surface area contributed by atoms with Crippen LogP contribution in [0.1, 0.15) is 29.8 Å². The predicted octanol–water partition coefficient (Wildman–Crippen LogP) is 2.33. The maximum Gasteiger partial charge on any atom is 0.251 e. The molecule has 0 saturated carbocycles. The molecular weight excluding hydrogens is 368 g/mol. The second-order valence-electron chi connectivity index (χ2n) is 6.96. The fourth-order valence-electron chi connectivity index (χ4n) is 2.70. The Hall–Kier alpha value is -2.58. The molecule has 2 aromatic rings. The normalized spacial score (nSPS) is 13.7. The standard InChI is InChI=1S/C19H22N2O5S/c1-19(2,14-7-10-16-17(11-14)26-12-25-16)20-18(22)13-5-8-15(9-6-13)27(23,24)21(3)4/h5-11H,12H2,1-4H3,(H,20,22). The van der Waals surface area contributed by atoms with E-state index in [1.54, 1.807) is 0 Å². The van der Waals surface area contributed by atoms with Gasteiger partial charge in [0.15, 0.2) is 11.5 Å². The Bertz CT molecular complexity index is 966. The van der Waals surface area contributed by atoms with E-state index in [4.69, 9.17) is 9.47 Å². The molecule has 0 aromatic heterocycles. The predicted molar refractivity (Wildman–Crippen MR) is 100 cm³/mol. The van der Waals surface area contributed by atoms with Crippen molar-refractivity contribution in [3.8, 4) is 11.5 Å². The lowest BCUT2D eigenvalue weighted by molar-refractivity contribution is 0.0911. The molecular formula is C19H22N2O5S. The highest BCUT2D eigenvalue weighted by molar-refractivity contribution is 7.89. The molecule has 0 bridgehead atoms. The van der Waals surface area contributed by atoms with Gasteiger partial charge in [0.25, 0.3) is 5.91 Å². The van der Waals surface area contributed by atoms with Crippen LogP contribution in [0.25, 0.3) is 0 Å². The molecule has 0 aliphatic carbocycles. The molecule has 27 heavy (non-hydrogen) atoms. The molecule has 1 aliphatic rings. The Balaban J connectivity index is 1.78. The van der Waals surface area contributed by atoms with E-state index in [-0.39, 0.29) is 17.6 Å². The fourth-order valence-corrected chi connectivity index (χ4v) is 3.60. The first-order valence-corrected chi connectivity index (χ1v) is 9.80. The van der Waals surface area contributed by atoms with Crippen molar-refractivity contribution in [2.75, 3.05) is 20.9 Å². The van der Waals surface area contributed by atoms with Crippen molar-refractivity contribution in [1.82, 2.24) is 9.62 Å². The number of fused-ring (bicyclic) bond motifs is 1. The van der Waals surface area contributed by atoms with Gasteiger partial charge in [-0.1, -0.05) is 6.07 Å². The molecule has 1 heterocycles. The molecule has 0 unspecified atom stereocenters. The molecule has 7 nitrogen and oxygen atoms in total. The van der Waals surface area contributed by atoms with E-state index >= 15 is 0 Å². The first-order valence-electron chi connectivity index (χ1n) is 8.36. The number of hydrogen-bond acceptors (Lipinski definition) is 5. The molecule has 2 aromatic carbocycles. The second-order valence-corrected chi connectivity index (χ2v) is 9.11. The summed E-state index contributed by atoms with van der Waals surface area (Å²) in [5.41, 5.74) is 0.584. The third-order valence-electron chi connectivity index (χ3n) is 4.42. The summed E-state index contributed by atoms with van der Waals surface area (Å²) in [5, 5.41) is 2.97.